The summed E-state index contributed by atoms with van der Waals surface area (Å²) in [6.07, 6.45) is 0.302. The number of amides is 2. The number of ether oxygens (including phenoxy) is 1. The first-order valence-corrected chi connectivity index (χ1v) is 15.8. The number of methoxy groups -OCH3 is 1. The summed E-state index contributed by atoms with van der Waals surface area (Å²) in [7, 11) is -2.79. The van der Waals surface area contributed by atoms with E-state index in [9.17, 15) is 18.0 Å². The number of carbonyl (C=O) groups is 2. The Balaban J connectivity index is 2.12. The molecule has 0 saturated heterocycles. The number of halogens is 2. The summed E-state index contributed by atoms with van der Waals surface area (Å²) >= 11 is 12.4. The van der Waals surface area contributed by atoms with E-state index < -0.39 is 28.5 Å². The molecule has 1 N–H and O–H groups in total. The summed E-state index contributed by atoms with van der Waals surface area (Å²) in [6.45, 7) is 7.43. The normalized spacial score (nSPS) is 12.1. The Hall–Kier alpha value is -3.27. The fourth-order valence-electron chi connectivity index (χ4n) is 4.40. The van der Waals surface area contributed by atoms with Gasteiger partial charge >= 0.3 is 0 Å². The predicted octanol–water partition coefficient (Wildman–Crippen LogP) is 6.09. The second kappa shape index (κ2) is 14.8. The van der Waals surface area contributed by atoms with Crippen LogP contribution in [0.2, 0.25) is 10.0 Å². The standard InChI is InChI=1S/C31H37Cl2N3O5S/c1-6-27(31(38)34-18-21(2)3)35(19-23-13-14-25(32)26(33)17-23)30(37)20-36(28-16-22(4)12-15-29(28)41-5)42(39,40)24-10-8-7-9-11-24/h7-17,21,27H,6,18-20H2,1-5H3,(H,34,38). The molecule has 0 aliphatic carbocycles. The van der Waals surface area contributed by atoms with Gasteiger partial charge in [0, 0.05) is 13.1 Å². The minimum absolute atomic E-state index is 0.00744. The number of rotatable bonds is 13. The zero-order valence-corrected chi connectivity index (χ0v) is 26.8. The molecule has 0 aliphatic heterocycles. The number of nitrogens with zero attached hydrogens (tertiary/aromatic N) is 2. The van der Waals surface area contributed by atoms with Crippen LogP contribution in [0.15, 0.2) is 71.6 Å². The van der Waals surface area contributed by atoms with Crippen LogP contribution in [0, 0.1) is 12.8 Å². The van der Waals surface area contributed by atoms with Crippen molar-refractivity contribution in [2.45, 2.75) is 51.6 Å². The molecular formula is C31H37Cl2N3O5S. The highest BCUT2D eigenvalue weighted by molar-refractivity contribution is 7.92. The maximum atomic E-state index is 14.2. The minimum atomic E-state index is -4.22. The van der Waals surface area contributed by atoms with Gasteiger partial charge in [-0.05, 0) is 66.8 Å². The van der Waals surface area contributed by atoms with Crippen LogP contribution in [0.5, 0.6) is 5.75 Å². The Kier molecular flexibility index (Phi) is 11.7. The number of aryl methyl sites for hydroxylation is 1. The second-order valence-corrected chi connectivity index (χ2v) is 13.0. The molecule has 3 rings (SSSR count). The Bertz CT molecular complexity index is 1500. The monoisotopic (exact) mass is 633 g/mol. The van der Waals surface area contributed by atoms with E-state index in [0.717, 1.165) is 9.87 Å². The molecular weight excluding hydrogens is 597 g/mol. The van der Waals surface area contributed by atoms with Crippen LogP contribution in [0.25, 0.3) is 0 Å². The van der Waals surface area contributed by atoms with E-state index in [1.165, 1.54) is 24.1 Å². The molecule has 0 heterocycles. The molecule has 11 heteroatoms. The Morgan fingerprint density at radius 2 is 1.67 bits per heavy atom. The van der Waals surface area contributed by atoms with Crippen LogP contribution in [0.1, 0.15) is 38.3 Å². The Morgan fingerprint density at radius 3 is 2.26 bits per heavy atom. The molecule has 42 heavy (non-hydrogen) atoms. The van der Waals surface area contributed by atoms with Gasteiger partial charge in [0.2, 0.25) is 11.8 Å². The SMILES string of the molecule is CCC(C(=O)NCC(C)C)N(Cc1ccc(Cl)c(Cl)c1)C(=O)CN(c1cc(C)ccc1OC)S(=O)(=O)c1ccccc1. The van der Waals surface area contributed by atoms with Crippen molar-refractivity contribution in [3.05, 3.63) is 87.9 Å². The fourth-order valence-corrected chi connectivity index (χ4v) is 6.16. The first-order chi connectivity index (χ1) is 19.9. The first kappa shape index (κ1) is 33.2. The van der Waals surface area contributed by atoms with E-state index >= 15 is 0 Å². The molecule has 8 nitrogen and oxygen atoms in total. The quantitative estimate of drug-likeness (QED) is 0.246. The maximum absolute atomic E-state index is 14.2. The van der Waals surface area contributed by atoms with Crippen LogP contribution in [-0.2, 0) is 26.2 Å². The molecule has 0 radical (unpaired) electrons. The van der Waals surface area contributed by atoms with Gasteiger partial charge in [0.1, 0.15) is 18.3 Å². The molecule has 226 valence electrons. The van der Waals surface area contributed by atoms with Gasteiger partial charge in [-0.2, -0.15) is 0 Å². The number of sulfonamides is 1. The van der Waals surface area contributed by atoms with Crippen molar-refractivity contribution in [1.82, 2.24) is 10.2 Å². The third kappa shape index (κ3) is 8.18. The summed E-state index contributed by atoms with van der Waals surface area (Å²) in [5.41, 5.74) is 1.62. The van der Waals surface area contributed by atoms with Gasteiger partial charge in [-0.1, -0.05) is 74.3 Å². The molecule has 0 spiro atoms. The lowest BCUT2D eigenvalue weighted by Gasteiger charge is -2.33. The molecule has 0 fully saturated rings. The first-order valence-electron chi connectivity index (χ1n) is 13.6. The highest BCUT2D eigenvalue weighted by atomic mass is 35.5. The summed E-state index contributed by atoms with van der Waals surface area (Å²) in [5.74, 6) is -0.419. The van der Waals surface area contributed by atoms with Gasteiger partial charge in [-0.25, -0.2) is 8.42 Å². The van der Waals surface area contributed by atoms with Gasteiger partial charge < -0.3 is 15.0 Å². The van der Waals surface area contributed by atoms with Crippen LogP contribution in [-0.4, -0.2) is 51.4 Å². The van der Waals surface area contributed by atoms with E-state index in [4.69, 9.17) is 27.9 Å². The number of hydrogen-bond acceptors (Lipinski definition) is 5. The highest BCUT2D eigenvalue weighted by Gasteiger charge is 2.35. The van der Waals surface area contributed by atoms with Crippen molar-refractivity contribution in [1.29, 1.82) is 0 Å². The average molecular weight is 635 g/mol. The van der Waals surface area contributed by atoms with Crippen molar-refractivity contribution in [3.8, 4) is 5.75 Å². The van der Waals surface area contributed by atoms with Crippen LogP contribution in [0.3, 0.4) is 0 Å². The summed E-state index contributed by atoms with van der Waals surface area (Å²) in [4.78, 5) is 29.0. The number of benzene rings is 3. The van der Waals surface area contributed by atoms with E-state index in [0.29, 0.717) is 28.6 Å². The zero-order chi connectivity index (χ0) is 31.0. The molecule has 2 amide bonds. The number of anilines is 1. The summed E-state index contributed by atoms with van der Waals surface area (Å²) in [5, 5.41) is 3.57. The minimum Gasteiger partial charge on any atom is -0.495 e. The lowest BCUT2D eigenvalue weighted by Crippen LogP contribution is -2.52. The summed E-state index contributed by atoms with van der Waals surface area (Å²) < 4.78 is 34.7. The topological polar surface area (TPSA) is 96.0 Å². The largest absolute Gasteiger partial charge is 0.495 e. The lowest BCUT2D eigenvalue weighted by molar-refractivity contribution is -0.140. The Morgan fingerprint density at radius 1 is 0.976 bits per heavy atom. The van der Waals surface area contributed by atoms with Gasteiger partial charge in [-0.3, -0.25) is 13.9 Å². The molecule has 3 aromatic rings. The predicted molar refractivity (Wildman–Crippen MR) is 168 cm³/mol. The van der Waals surface area contributed by atoms with Crippen molar-refractivity contribution < 1.29 is 22.7 Å². The second-order valence-electron chi connectivity index (χ2n) is 10.3. The van der Waals surface area contributed by atoms with Gasteiger partial charge in [-0.15, -0.1) is 0 Å². The van der Waals surface area contributed by atoms with E-state index in [-0.39, 0.29) is 34.7 Å². The highest BCUT2D eigenvalue weighted by Crippen LogP contribution is 2.34. The summed E-state index contributed by atoms with van der Waals surface area (Å²) in [6, 6.07) is 17.1. The van der Waals surface area contributed by atoms with Gasteiger partial charge in [0.05, 0.1) is 27.7 Å². The molecule has 0 saturated carbocycles. The number of carbonyl (C=O) groups excluding carboxylic acids is 2. The van der Waals surface area contributed by atoms with E-state index in [1.807, 2.05) is 20.8 Å². The van der Waals surface area contributed by atoms with Crippen molar-refractivity contribution >= 4 is 50.7 Å². The van der Waals surface area contributed by atoms with Crippen molar-refractivity contribution in [3.63, 3.8) is 0 Å². The number of hydrogen-bond donors (Lipinski definition) is 1. The molecule has 0 aromatic heterocycles. The van der Waals surface area contributed by atoms with Crippen LogP contribution < -0.4 is 14.4 Å². The van der Waals surface area contributed by atoms with Crippen molar-refractivity contribution in [2.24, 2.45) is 5.92 Å². The molecule has 0 bridgehead atoms. The Labute approximate surface area is 258 Å². The van der Waals surface area contributed by atoms with E-state index in [1.54, 1.807) is 61.5 Å². The number of nitrogens with one attached hydrogen (secondary N) is 1. The third-order valence-electron chi connectivity index (χ3n) is 6.62. The lowest BCUT2D eigenvalue weighted by atomic mass is 10.1. The molecule has 1 unspecified atom stereocenters. The molecule has 0 aliphatic rings. The average Bonchev–Trinajstić information content (AvgIpc) is 2.96. The molecule has 3 aromatic carbocycles. The van der Waals surface area contributed by atoms with Crippen molar-refractivity contribution in [2.75, 3.05) is 24.5 Å². The van der Waals surface area contributed by atoms with E-state index in [2.05, 4.69) is 5.32 Å². The molecule has 1 atom stereocenters. The van der Waals surface area contributed by atoms with Gasteiger partial charge in [0.25, 0.3) is 10.0 Å². The third-order valence-corrected chi connectivity index (χ3v) is 9.13. The van der Waals surface area contributed by atoms with Gasteiger partial charge in [0.15, 0.2) is 0 Å². The van der Waals surface area contributed by atoms with Crippen LogP contribution >= 0.6 is 23.2 Å². The smallest absolute Gasteiger partial charge is 0.264 e. The fraction of sp³-hybridized carbons (Fsp3) is 0.355. The zero-order valence-electron chi connectivity index (χ0n) is 24.4. The van der Waals surface area contributed by atoms with Crippen LogP contribution in [0.4, 0.5) is 5.69 Å². The maximum Gasteiger partial charge on any atom is 0.264 e.